The fourth-order valence-electron chi connectivity index (χ4n) is 6.54. The average molecular weight is 775 g/mol. The van der Waals surface area contributed by atoms with E-state index in [9.17, 15) is 43.5 Å². The molecule has 3 aromatic rings. The minimum absolute atomic E-state index is 0.00997. The second-order valence-corrected chi connectivity index (χ2v) is 13.9. The van der Waals surface area contributed by atoms with Gasteiger partial charge in [-0.25, -0.2) is 4.79 Å². The van der Waals surface area contributed by atoms with E-state index < -0.39 is 89.6 Å². The van der Waals surface area contributed by atoms with E-state index in [0.29, 0.717) is 17.7 Å². The topological polar surface area (TPSA) is 239 Å². The van der Waals surface area contributed by atoms with Gasteiger partial charge in [-0.15, -0.1) is 0 Å². The average Bonchev–Trinajstić information content (AvgIpc) is 3.60. The summed E-state index contributed by atoms with van der Waals surface area (Å²) >= 11 is 0. The van der Waals surface area contributed by atoms with E-state index in [2.05, 4.69) is 26.6 Å². The van der Waals surface area contributed by atoms with Crippen LogP contribution >= 0.6 is 0 Å². The minimum atomic E-state index is -1.56. The highest BCUT2D eigenvalue weighted by atomic mass is 16.5. The zero-order chi connectivity index (χ0) is 40.7. The summed E-state index contributed by atoms with van der Waals surface area (Å²) in [6, 6.07) is 10.6. The SMILES string of the molecule is C[C@@H]1NC(=O)[C@H]([C@@H](C)O)NC(=O)[C@@H]2C[C@H](NC(=O)c3cc(=O)n(C)c(=O)n3C)CN2C(=O)[C@H](Cc2ccccc2)NC(=O)COc2ccc(cc2)CCNC1=O. The van der Waals surface area contributed by atoms with Gasteiger partial charge >= 0.3 is 5.69 Å². The lowest BCUT2D eigenvalue weighted by Crippen LogP contribution is -2.60. The van der Waals surface area contributed by atoms with Gasteiger partial charge in [0, 0.05) is 45.7 Å². The zero-order valence-corrected chi connectivity index (χ0v) is 31.4. The van der Waals surface area contributed by atoms with Crippen molar-refractivity contribution in [2.45, 2.75) is 69.4 Å². The molecule has 6 rings (SSSR count). The second-order valence-electron chi connectivity index (χ2n) is 13.9. The van der Waals surface area contributed by atoms with Crippen LogP contribution in [0.5, 0.6) is 5.75 Å². The molecule has 0 radical (unpaired) electrons. The summed E-state index contributed by atoms with van der Waals surface area (Å²) in [7, 11) is 2.57. The van der Waals surface area contributed by atoms with Crippen LogP contribution in [0.1, 0.15) is 41.9 Å². The van der Waals surface area contributed by atoms with Crippen molar-refractivity contribution < 1.29 is 38.6 Å². The Labute approximate surface area is 321 Å². The first-order valence-corrected chi connectivity index (χ1v) is 18.1. The van der Waals surface area contributed by atoms with Crippen molar-refractivity contribution in [3.05, 3.63) is 98.3 Å². The Morgan fingerprint density at radius 2 is 1.61 bits per heavy atom. The Bertz CT molecular complexity index is 2080. The molecule has 6 N–H and O–H groups in total. The number of benzene rings is 2. The zero-order valence-electron chi connectivity index (χ0n) is 31.4. The standard InChI is InChI=1S/C38H46N8O10/c1-21-33(50)39-15-14-23-10-12-26(13-11-23)56-20-30(48)42-27(16-24-8-6-5-7-9-24)37(54)46-19-25(17-29(46)35(52)43-32(22(2)47)36(53)40-21)41-34(51)28-18-31(49)45(4)38(55)44(28)3/h5-13,18,21-22,25,27,29,32,47H,14-17,19-20H2,1-4H3,(H,39,50)(H,40,53)(H,41,51)(H,42,48)(H,43,52)/t21-,22+,25-,27-,29-,32-/m0/s1. The number of hydrogen-bond donors (Lipinski definition) is 6. The van der Waals surface area contributed by atoms with Gasteiger partial charge in [0.2, 0.25) is 23.6 Å². The molecule has 4 heterocycles. The molecule has 0 saturated carbocycles. The third-order valence-corrected chi connectivity index (χ3v) is 9.72. The van der Waals surface area contributed by atoms with Crippen LogP contribution in [-0.2, 0) is 50.9 Å². The first kappa shape index (κ1) is 40.9. The molecule has 1 aromatic heterocycles. The molecule has 2 aromatic carbocycles. The van der Waals surface area contributed by atoms with E-state index in [-0.39, 0.29) is 31.6 Å². The van der Waals surface area contributed by atoms with Crippen LogP contribution in [0.25, 0.3) is 0 Å². The third kappa shape index (κ3) is 9.86. The second kappa shape index (κ2) is 17.9. The van der Waals surface area contributed by atoms with Gasteiger partial charge < -0.3 is 41.3 Å². The van der Waals surface area contributed by atoms with Crippen LogP contribution in [0.4, 0.5) is 0 Å². The third-order valence-electron chi connectivity index (χ3n) is 9.72. The lowest BCUT2D eigenvalue weighted by atomic mass is 10.0. The van der Waals surface area contributed by atoms with E-state index in [1.807, 2.05) is 0 Å². The monoisotopic (exact) mass is 774 g/mol. The van der Waals surface area contributed by atoms with Gasteiger partial charge in [0.15, 0.2) is 6.61 Å². The van der Waals surface area contributed by atoms with Crippen LogP contribution in [0.15, 0.2) is 70.3 Å². The molecule has 0 spiro atoms. The van der Waals surface area contributed by atoms with E-state index in [4.69, 9.17) is 4.74 Å². The van der Waals surface area contributed by atoms with Crippen molar-refractivity contribution in [3.8, 4) is 5.75 Å². The smallest absolute Gasteiger partial charge is 0.331 e. The van der Waals surface area contributed by atoms with E-state index >= 15 is 0 Å². The van der Waals surface area contributed by atoms with Crippen molar-refractivity contribution in [3.63, 3.8) is 0 Å². The molecular weight excluding hydrogens is 728 g/mol. The fourth-order valence-corrected chi connectivity index (χ4v) is 6.54. The van der Waals surface area contributed by atoms with Gasteiger partial charge in [-0.05, 0) is 49.9 Å². The first-order chi connectivity index (χ1) is 26.6. The quantitative estimate of drug-likeness (QED) is 0.151. The molecular formula is C38H46N8O10. The highest BCUT2D eigenvalue weighted by Crippen LogP contribution is 2.22. The minimum Gasteiger partial charge on any atom is -0.484 e. The van der Waals surface area contributed by atoms with Crippen LogP contribution in [-0.4, -0.2) is 111 Å². The highest BCUT2D eigenvalue weighted by Gasteiger charge is 2.44. The number of fused-ring (bicyclic) bond motifs is 16. The Kier molecular flexibility index (Phi) is 13.1. The molecule has 18 heteroatoms. The summed E-state index contributed by atoms with van der Waals surface area (Å²) < 4.78 is 7.51. The number of ether oxygens (including phenoxy) is 1. The van der Waals surface area contributed by atoms with Crippen molar-refractivity contribution in [2.24, 2.45) is 14.1 Å². The summed E-state index contributed by atoms with van der Waals surface area (Å²) in [5.41, 5.74) is -0.179. The predicted molar refractivity (Wildman–Crippen MR) is 200 cm³/mol. The molecule has 3 aliphatic rings. The molecule has 56 heavy (non-hydrogen) atoms. The van der Waals surface area contributed by atoms with Gasteiger partial charge in [0.05, 0.1) is 6.10 Å². The van der Waals surface area contributed by atoms with E-state index in [0.717, 1.165) is 25.7 Å². The van der Waals surface area contributed by atoms with Gasteiger partial charge in [0.25, 0.3) is 17.4 Å². The van der Waals surface area contributed by atoms with Gasteiger partial charge in [0.1, 0.15) is 35.6 Å². The lowest BCUT2D eigenvalue weighted by Gasteiger charge is -2.30. The molecule has 3 aliphatic heterocycles. The Hall–Kier alpha value is -6.30. The molecule has 2 bridgehead atoms. The maximum atomic E-state index is 14.5. The van der Waals surface area contributed by atoms with Crippen molar-refractivity contribution in [1.82, 2.24) is 40.6 Å². The number of carbonyl (C=O) groups is 6. The maximum absolute atomic E-state index is 14.5. The van der Waals surface area contributed by atoms with Crippen LogP contribution in [0, 0.1) is 0 Å². The summed E-state index contributed by atoms with van der Waals surface area (Å²) in [5, 5.41) is 23.8. The number of nitrogens with zero attached hydrogens (tertiary/aromatic N) is 3. The number of amides is 6. The lowest BCUT2D eigenvalue weighted by molar-refractivity contribution is -0.143. The van der Waals surface area contributed by atoms with Crippen LogP contribution < -0.4 is 42.6 Å². The molecule has 6 atom stereocenters. The summed E-state index contributed by atoms with van der Waals surface area (Å²) in [6.07, 6.45) is -1.18. The number of aromatic nitrogens is 2. The molecule has 1 fully saturated rings. The van der Waals surface area contributed by atoms with Crippen molar-refractivity contribution >= 4 is 35.4 Å². The largest absolute Gasteiger partial charge is 0.484 e. The number of aliphatic hydroxyl groups excluding tert-OH is 1. The molecule has 6 amide bonds. The number of hydrogen-bond acceptors (Lipinski definition) is 10. The molecule has 298 valence electrons. The molecule has 1 saturated heterocycles. The highest BCUT2D eigenvalue weighted by molar-refractivity contribution is 5.97. The maximum Gasteiger partial charge on any atom is 0.331 e. The number of rotatable bonds is 5. The predicted octanol–water partition coefficient (Wildman–Crippen LogP) is -2.37. The van der Waals surface area contributed by atoms with Crippen molar-refractivity contribution in [2.75, 3.05) is 19.7 Å². The van der Waals surface area contributed by atoms with Crippen LogP contribution in [0.2, 0.25) is 0 Å². The van der Waals surface area contributed by atoms with Gasteiger partial charge in [-0.3, -0.25) is 42.7 Å². The van der Waals surface area contributed by atoms with E-state index in [1.165, 1.54) is 27.9 Å². The van der Waals surface area contributed by atoms with Crippen molar-refractivity contribution in [1.29, 1.82) is 0 Å². The molecule has 0 aliphatic carbocycles. The van der Waals surface area contributed by atoms with Gasteiger partial charge in [-0.2, -0.15) is 0 Å². The van der Waals surface area contributed by atoms with Crippen LogP contribution in [0.3, 0.4) is 0 Å². The van der Waals surface area contributed by atoms with Gasteiger partial charge in [-0.1, -0.05) is 42.5 Å². The fraction of sp³-hybridized carbons (Fsp3) is 0.421. The number of aliphatic hydroxyl groups is 1. The number of carbonyl (C=O) groups excluding carboxylic acids is 6. The normalized spacial score (nSPS) is 23.3. The first-order valence-electron chi connectivity index (χ1n) is 18.1. The summed E-state index contributed by atoms with van der Waals surface area (Å²) in [4.78, 5) is 108. The summed E-state index contributed by atoms with van der Waals surface area (Å²) in [6.45, 7) is 2.25. The molecule has 18 nitrogen and oxygen atoms in total. The Balaban J connectivity index is 1.49. The summed E-state index contributed by atoms with van der Waals surface area (Å²) in [5.74, 6) is -4.01. The Morgan fingerprint density at radius 3 is 2.29 bits per heavy atom. The Morgan fingerprint density at radius 1 is 0.911 bits per heavy atom. The molecule has 0 unspecified atom stereocenters. The number of nitrogens with one attached hydrogen (secondary N) is 5. The van der Waals surface area contributed by atoms with E-state index in [1.54, 1.807) is 54.6 Å².